The summed E-state index contributed by atoms with van der Waals surface area (Å²) in [4.78, 5) is 27.1. The summed E-state index contributed by atoms with van der Waals surface area (Å²) in [5.41, 5.74) is 0. The second kappa shape index (κ2) is 27.5. The molecular weight excluding hydrogens is 474 g/mol. The van der Waals surface area contributed by atoms with E-state index in [0.29, 0.717) is 6.42 Å². The van der Waals surface area contributed by atoms with Gasteiger partial charge in [-0.2, -0.15) is 0 Å². The molecule has 0 aliphatic rings. The molecule has 226 valence electrons. The smallest absolute Gasteiger partial charge is 0.308 e. The van der Waals surface area contributed by atoms with Crippen LogP contribution in [0.25, 0.3) is 0 Å². The summed E-state index contributed by atoms with van der Waals surface area (Å²) in [5, 5.41) is 0. The Labute approximate surface area is 237 Å². The van der Waals surface area contributed by atoms with Crippen molar-refractivity contribution in [3.8, 4) is 0 Å². The SMILES string of the molecule is CCCCCCCCCCCCCCC(C)C(=O)OCC(CCCCCCC)OC(=O)CCCCN(C)C. The third kappa shape index (κ3) is 25.2. The first-order chi connectivity index (χ1) is 18.4. The average molecular weight is 540 g/mol. The van der Waals surface area contributed by atoms with Crippen molar-refractivity contribution < 1.29 is 19.1 Å². The normalized spacial score (nSPS) is 13.0. The van der Waals surface area contributed by atoms with E-state index in [9.17, 15) is 9.59 Å². The van der Waals surface area contributed by atoms with Crippen molar-refractivity contribution in [2.24, 2.45) is 5.92 Å². The van der Waals surface area contributed by atoms with E-state index >= 15 is 0 Å². The molecule has 0 rings (SSSR count). The molecule has 0 aromatic carbocycles. The van der Waals surface area contributed by atoms with Gasteiger partial charge >= 0.3 is 11.9 Å². The first-order valence-electron chi connectivity index (χ1n) is 16.4. The number of rotatable bonds is 28. The summed E-state index contributed by atoms with van der Waals surface area (Å²) in [7, 11) is 4.08. The minimum absolute atomic E-state index is 0.0925. The van der Waals surface area contributed by atoms with Crippen molar-refractivity contribution in [1.29, 1.82) is 0 Å². The summed E-state index contributed by atoms with van der Waals surface area (Å²) in [6, 6.07) is 0. The lowest BCUT2D eigenvalue weighted by molar-refractivity contribution is -0.161. The number of carbonyl (C=O) groups excluding carboxylic acids is 2. The van der Waals surface area contributed by atoms with Gasteiger partial charge < -0.3 is 14.4 Å². The van der Waals surface area contributed by atoms with Crippen LogP contribution in [0.5, 0.6) is 0 Å². The van der Waals surface area contributed by atoms with Gasteiger partial charge in [0, 0.05) is 6.42 Å². The molecule has 0 bridgehead atoms. The molecule has 0 fully saturated rings. The van der Waals surface area contributed by atoms with Gasteiger partial charge in [-0.25, -0.2) is 0 Å². The second-order valence-corrected chi connectivity index (χ2v) is 11.8. The van der Waals surface area contributed by atoms with Gasteiger partial charge in [0.2, 0.25) is 0 Å². The number of ether oxygens (including phenoxy) is 2. The molecule has 0 aromatic rings. The van der Waals surface area contributed by atoms with Crippen LogP contribution in [0.15, 0.2) is 0 Å². The Hall–Kier alpha value is -1.10. The van der Waals surface area contributed by atoms with Crippen LogP contribution in [0, 0.1) is 5.92 Å². The van der Waals surface area contributed by atoms with Crippen molar-refractivity contribution >= 4 is 11.9 Å². The fourth-order valence-electron chi connectivity index (χ4n) is 4.82. The van der Waals surface area contributed by atoms with Crippen molar-refractivity contribution in [3.05, 3.63) is 0 Å². The first-order valence-corrected chi connectivity index (χ1v) is 16.4. The zero-order valence-electron chi connectivity index (χ0n) is 26.2. The number of nitrogens with zero attached hydrogens (tertiary/aromatic N) is 1. The van der Waals surface area contributed by atoms with Crippen LogP contribution in [-0.2, 0) is 19.1 Å². The molecule has 5 nitrogen and oxygen atoms in total. The molecule has 0 aliphatic carbocycles. The molecule has 0 N–H and O–H groups in total. The number of hydrogen-bond donors (Lipinski definition) is 0. The largest absolute Gasteiger partial charge is 0.462 e. The molecule has 2 atom stereocenters. The van der Waals surface area contributed by atoms with Crippen LogP contribution in [-0.4, -0.2) is 50.2 Å². The zero-order chi connectivity index (χ0) is 28.3. The Kier molecular flexibility index (Phi) is 26.7. The van der Waals surface area contributed by atoms with Crippen LogP contribution in [0.4, 0.5) is 0 Å². The van der Waals surface area contributed by atoms with Crippen molar-refractivity contribution in [3.63, 3.8) is 0 Å². The van der Waals surface area contributed by atoms with Gasteiger partial charge in [0.1, 0.15) is 12.7 Å². The van der Waals surface area contributed by atoms with Crippen LogP contribution in [0.3, 0.4) is 0 Å². The summed E-state index contributed by atoms with van der Waals surface area (Å²) >= 11 is 0. The van der Waals surface area contributed by atoms with Crippen LogP contribution >= 0.6 is 0 Å². The van der Waals surface area contributed by atoms with Crippen molar-refractivity contribution in [1.82, 2.24) is 4.90 Å². The molecule has 0 radical (unpaired) electrons. The van der Waals surface area contributed by atoms with Crippen molar-refractivity contribution in [2.75, 3.05) is 27.2 Å². The lowest BCUT2D eigenvalue weighted by Crippen LogP contribution is -2.27. The van der Waals surface area contributed by atoms with Gasteiger partial charge in [0.05, 0.1) is 5.92 Å². The Morgan fingerprint density at radius 3 is 1.61 bits per heavy atom. The van der Waals surface area contributed by atoms with Gasteiger partial charge in [-0.3, -0.25) is 9.59 Å². The summed E-state index contributed by atoms with van der Waals surface area (Å²) in [6.07, 6.45) is 25.2. The number of unbranched alkanes of at least 4 members (excludes halogenated alkanes) is 16. The van der Waals surface area contributed by atoms with Gasteiger partial charge in [-0.1, -0.05) is 124 Å². The maximum atomic E-state index is 12.6. The van der Waals surface area contributed by atoms with E-state index in [2.05, 4.69) is 18.7 Å². The fraction of sp³-hybridized carbons (Fsp3) is 0.939. The number of carbonyl (C=O) groups is 2. The molecule has 0 saturated carbocycles. The highest BCUT2D eigenvalue weighted by Crippen LogP contribution is 2.17. The Morgan fingerprint density at radius 2 is 1.11 bits per heavy atom. The molecule has 0 aromatic heterocycles. The standard InChI is InChI=1S/C33H65NO4/c1-6-8-10-12-13-14-15-16-17-18-20-21-25-30(3)33(36)37-29-31(26-22-19-11-9-7-2)38-32(35)27-23-24-28-34(4)5/h30-31H,6-29H2,1-5H3. The second-order valence-electron chi connectivity index (χ2n) is 11.8. The van der Waals surface area contributed by atoms with Crippen LogP contribution in [0.1, 0.15) is 162 Å². The molecule has 0 saturated heterocycles. The third-order valence-corrected chi connectivity index (χ3v) is 7.47. The molecular formula is C33H65NO4. The maximum Gasteiger partial charge on any atom is 0.308 e. The van der Waals surface area contributed by atoms with E-state index in [0.717, 1.165) is 51.5 Å². The summed E-state index contributed by atoms with van der Waals surface area (Å²) < 4.78 is 11.4. The van der Waals surface area contributed by atoms with Crippen LogP contribution in [0.2, 0.25) is 0 Å². The highest BCUT2D eigenvalue weighted by Gasteiger charge is 2.20. The average Bonchev–Trinajstić information content (AvgIpc) is 2.89. The van der Waals surface area contributed by atoms with Gasteiger partial charge in [0.25, 0.3) is 0 Å². The highest BCUT2D eigenvalue weighted by molar-refractivity contribution is 5.72. The summed E-state index contributed by atoms with van der Waals surface area (Å²) in [5.74, 6) is -0.404. The fourth-order valence-corrected chi connectivity index (χ4v) is 4.82. The number of hydrogen-bond acceptors (Lipinski definition) is 5. The Morgan fingerprint density at radius 1 is 0.632 bits per heavy atom. The quantitative estimate of drug-likeness (QED) is 0.0732. The van der Waals surface area contributed by atoms with E-state index in [1.165, 1.54) is 89.9 Å². The Bertz CT molecular complexity index is 537. The van der Waals surface area contributed by atoms with Crippen LogP contribution < -0.4 is 0 Å². The van der Waals surface area contributed by atoms with Crippen molar-refractivity contribution in [2.45, 2.75) is 168 Å². The molecule has 0 amide bonds. The summed E-state index contributed by atoms with van der Waals surface area (Å²) in [6.45, 7) is 7.61. The number of esters is 2. The molecule has 2 unspecified atom stereocenters. The minimum atomic E-state index is -0.319. The van der Waals surface area contributed by atoms with E-state index in [1.54, 1.807) is 0 Å². The lowest BCUT2D eigenvalue weighted by Gasteiger charge is -2.19. The van der Waals surface area contributed by atoms with E-state index in [4.69, 9.17) is 9.47 Å². The molecule has 0 aliphatic heterocycles. The molecule has 5 heteroatoms. The molecule has 0 heterocycles. The van der Waals surface area contributed by atoms with Gasteiger partial charge in [-0.15, -0.1) is 0 Å². The molecule has 38 heavy (non-hydrogen) atoms. The predicted octanol–water partition coefficient (Wildman–Crippen LogP) is 9.26. The minimum Gasteiger partial charge on any atom is -0.462 e. The predicted molar refractivity (Wildman–Crippen MR) is 161 cm³/mol. The van der Waals surface area contributed by atoms with E-state index in [1.807, 2.05) is 21.0 Å². The Balaban J connectivity index is 4.11. The maximum absolute atomic E-state index is 12.6. The van der Waals surface area contributed by atoms with Gasteiger partial charge in [0.15, 0.2) is 0 Å². The van der Waals surface area contributed by atoms with Gasteiger partial charge in [-0.05, 0) is 52.7 Å². The third-order valence-electron chi connectivity index (χ3n) is 7.47. The van der Waals surface area contributed by atoms with E-state index < -0.39 is 0 Å². The first kappa shape index (κ1) is 36.9. The highest BCUT2D eigenvalue weighted by atomic mass is 16.6. The topological polar surface area (TPSA) is 55.8 Å². The molecule has 0 spiro atoms. The monoisotopic (exact) mass is 539 g/mol. The zero-order valence-corrected chi connectivity index (χ0v) is 26.2. The lowest BCUT2D eigenvalue weighted by atomic mass is 10.0. The van der Waals surface area contributed by atoms with E-state index in [-0.39, 0.29) is 30.6 Å².